The van der Waals surface area contributed by atoms with Crippen molar-refractivity contribution in [2.75, 3.05) is 20.2 Å². The zero-order chi connectivity index (χ0) is 16.2. The van der Waals surface area contributed by atoms with Crippen molar-refractivity contribution in [1.29, 1.82) is 0 Å². The average Bonchev–Trinajstić information content (AvgIpc) is 3.10. The molecule has 1 atom stereocenters. The topological polar surface area (TPSA) is 62.9 Å². The normalized spacial score (nSPS) is 17.8. The number of aliphatic carboxylic acids is 1. The van der Waals surface area contributed by atoms with E-state index >= 15 is 0 Å². The Balaban J connectivity index is 1.83. The number of carbonyl (C=O) groups is 1. The number of carboxylic acids is 1. The number of benzene rings is 1. The van der Waals surface area contributed by atoms with E-state index in [2.05, 4.69) is 4.90 Å². The maximum atomic E-state index is 11.1. The molecule has 0 bridgehead atoms. The van der Waals surface area contributed by atoms with Gasteiger partial charge in [-0.05, 0) is 55.8 Å². The fourth-order valence-corrected chi connectivity index (χ4v) is 3.19. The molecule has 122 valence electrons. The summed E-state index contributed by atoms with van der Waals surface area (Å²) in [7, 11) is 1.65. The van der Waals surface area contributed by atoms with Gasteiger partial charge in [-0.15, -0.1) is 0 Å². The van der Waals surface area contributed by atoms with E-state index in [0.29, 0.717) is 12.8 Å². The summed E-state index contributed by atoms with van der Waals surface area (Å²) in [6.07, 6.45) is 3.02. The van der Waals surface area contributed by atoms with E-state index in [1.807, 2.05) is 36.4 Å². The quantitative estimate of drug-likeness (QED) is 0.918. The summed E-state index contributed by atoms with van der Waals surface area (Å²) in [5, 5.41) is 9.17. The highest BCUT2D eigenvalue weighted by atomic mass is 16.5. The first-order valence-corrected chi connectivity index (χ1v) is 7.83. The summed E-state index contributed by atoms with van der Waals surface area (Å²) in [5.74, 6) is 0.767. The van der Waals surface area contributed by atoms with E-state index in [9.17, 15) is 9.90 Å². The Morgan fingerprint density at radius 3 is 2.48 bits per heavy atom. The van der Waals surface area contributed by atoms with Crippen LogP contribution in [0.4, 0.5) is 0 Å². The summed E-state index contributed by atoms with van der Waals surface area (Å²) in [4.78, 5) is 13.4. The van der Waals surface area contributed by atoms with Gasteiger partial charge in [0.05, 0.1) is 25.3 Å². The van der Waals surface area contributed by atoms with Crippen LogP contribution in [-0.2, 0) is 4.79 Å². The molecule has 1 aromatic heterocycles. The largest absolute Gasteiger partial charge is 0.497 e. The highest BCUT2D eigenvalue weighted by Gasteiger charge is 2.31. The zero-order valence-electron chi connectivity index (χ0n) is 13.1. The Kier molecular flexibility index (Phi) is 4.67. The predicted octanol–water partition coefficient (Wildman–Crippen LogP) is 3.17. The van der Waals surface area contributed by atoms with Crippen LogP contribution in [0.5, 0.6) is 5.75 Å². The minimum absolute atomic E-state index is 0.00523. The number of rotatable bonds is 5. The lowest BCUT2D eigenvalue weighted by Gasteiger charge is -2.35. The van der Waals surface area contributed by atoms with Crippen molar-refractivity contribution in [2.24, 2.45) is 5.92 Å². The van der Waals surface area contributed by atoms with Crippen LogP contribution in [0, 0.1) is 5.92 Å². The van der Waals surface area contributed by atoms with Crippen LogP contribution >= 0.6 is 0 Å². The highest BCUT2D eigenvalue weighted by molar-refractivity contribution is 5.70. The Labute approximate surface area is 135 Å². The van der Waals surface area contributed by atoms with Crippen molar-refractivity contribution in [2.45, 2.75) is 18.9 Å². The first kappa shape index (κ1) is 15.6. The van der Waals surface area contributed by atoms with Crippen LogP contribution in [0.3, 0.4) is 0 Å². The molecule has 1 aliphatic heterocycles. The van der Waals surface area contributed by atoms with Crippen LogP contribution < -0.4 is 4.74 Å². The van der Waals surface area contributed by atoms with E-state index in [1.165, 1.54) is 0 Å². The number of furan rings is 1. The molecule has 0 radical (unpaired) electrons. The molecule has 5 heteroatoms. The third-order valence-electron chi connectivity index (χ3n) is 4.49. The van der Waals surface area contributed by atoms with Crippen molar-refractivity contribution in [3.05, 3.63) is 54.0 Å². The van der Waals surface area contributed by atoms with Gasteiger partial charge >= 0.3 is 5.97 Å². The van der Waals surface area contributed by atoms with Crippen LogP contribution in [0.1, 0.15) is 30.2 Å². The second-order valence-electron chi connectivity index (χ2n) is 5.84. The van der Waals surface area contributed by atoms with E-state index in [1.54, 1.807) is 13.4 Å². The molecule has 23 heavy (non-hydrogen) atoms. The molecule has 1 N–H and O–H groups in total. The molecule has 1 saturated heterocycles. The second-order valence-corrected chi connectivity index (χ2v) is 5.84. The molecule has 0 amide bonds. The molecule has 1 unspecified atom stereocenters. The Morgan fingerprint density at radius 2 is 1.96 bits per heavy atom. The third kappa shape index (κ3) is 3.40. The van der Waals surface area contributed by atoms with Gasteiger partial charge in [0.2, 0.25) is 0 Å². The molecule has 0 saturated carbocycles. The number of nitrogens with zero attached hydrogens (tertiary/aromatic N) is 1. The number of ether oxygens (including phenoxy) is 1. The maximum absolute atomic E-state index is 11.1. The number of methoxy groups -OCH3 is 1. The molecular formula is C18H21NO4. The van der Waals surface area contributed by atoms with Gasteiger partial charge in [-0.3, -0.25) is 9.69 Å². The fraction of sp³-hybridized carbons (Fsp3) is 0.389. The van der Waals surface area contributed by atoms with Crippen LogP contribution in [-0.4, -0.2) is 36.2 Å². The minimum Gasteiger partial charge on any atom is -0.497 e. The number of hydrogen-bond donors (Lipinski definition) is 1. The summed E-state index contributed by atoms with van der Waals surface area (Å²) < 4.78 is 10.9. The van der Waals surface area contributed by atoms with E-state index in [-0.39, 0.29) is 12.0 Å². The summed E-state index contributed by atoms with van der Waals surface area (Å²) in [6, 6.07) is 11.8. The van der Waals surface area contributed by atoms with Gasteiger partial charge in [0.1, 0.15) is 11.5 Å². The van der Waals surface area contributed by atoms with Gasteiger partial charge in [-0.1, -0.05) is 12.1 Å². The molecule has 3 rings (SSSR count). The van der Waals surface area contributed by atoms with E-state index in [4.69, 9.17) is 9.15 Å². The van der Waals surface area contributed by atoms with E-state index in [0.717, 1.165) is 30.2 Å². The lowest BCUT2D eigenvalue weighted by Crippen LogP contribution is -2.39. The van der Waals surface area contributed by atoms with Crippen molar-refractivity contribution in [1.82, 2.24) is 4.90 Å². The van der Waals surface area contributed by atoms with Gasteiger partial charge in [-0.25, -0.2) is 0 Å². The summed E-state index contributed by atoms with van der Waals surface area (Å²) >= 11 is 0. The van der Waals surface area contributed by atoms with E-state index < -0.39 is 5.97 Å². The first-order valence-electron chi connectivity index (χ1n) is 7.83. The molecule has 2 heterocycles. The van der Waals surface area contributed by atoms with Crippen molar-refractivity contribution >= 4 is 5.97 Å². The lowest BCUT2D eigenvalue weighted by atomic mass is 9.93. The minimum atomic E-state index is -0.691. The molecule has 0 spiro atoms. The van der Waals surface area contributed by atoms with Gasteiger partial charge in [-0.2, -0.15) is 0 Å². The number of piperidine rings is 1. The molecule has 0 aliphatic carbocycles. The second kappa shape index (κ2) is 6.87. The predicted molar refractivity (Wildman–Crippen MR) is 85.5 cm³/mol. The molecule has 1 fully saturated rings. The zero-order valence-corrected chi connectivity index (χ0v) is 13.1. The molecule has 2 aromatic rings. The summed E-state index contributed by atoms with van der Waals surface area (Å²) in [5.41, 5.74) is 1.12. The average molecular weight is 315 g/mol. The Hall–Kier alpha value is -2.27. The lowest BCUT2D eigenvalue weighted by molar-refractivity contribution is -0.143. The Morgan fingerprint density at radius 1 is 1.26 bits per heavy atom. The standard InChI is InChI=1S/C18H21NO4/c1-22-15-6-4-13(5-7-15)17(16-3-2-12-23-16)19-10-8-14(9-11-19)18(20)21/h2-7,12,14,17H,8-11H2,1H3,(H,20,21). The van der Waals surface area contributed by atoms with Crippen LogP contribution in [0.15, 0.2) is 47.1 Å². The van der Waals surface area contributed by atoms with Gasteiger partial charge in [0, 0.05) is 0 Å². The van der Waals surface area contributed by atoms with Crippen LogP contribution in [0.2, 0.25) is 0 Å². The monoisotopic (exact) mass is 315 g/mol. The highest BCUT2D eigenvalue weighted by Crippen LogP contribution is 2.33. The number of carboxylic acid groups (broad SMARTS) is 1. The molecular weight excluding hydrogens is 294 g/mol. The maximum Gasteiger partial charge on any atom is 0.306 e. The van der Waals surface area contributed by atoms with Gasteiger partial charge in [0.25, 0.3) is 0 Å². The summed E-state index contributed by atoms with van der Waals surface area (Å²) in [6.45, 7) is 1.49. The SMILES string of the molecule is COc1ccc(C(c2ccco2)N2CCC(C(=O)O)CC2)cc1. The molecule has 1 aromatic carbocycles. The van der Waals surface area contributed by atoms with Gasteiger partial charge < -0.3 is 14.3 Å². The Bertz CT molecular complexity index is 628. The van der Waals surface area contributed by atoms with Crippen LogP contribution in [0.25, 0.3) is 0 Å². The number of likely N-dealkylation sites (tertiary alicyclic amines) is 1. The van der Waals surface area contributed by atoms with Gasteiger partial charge in [0.15, 0.2) is 0 Å². The first-order chi connectivity index (χ1) is 11.2. The number of hydrogen-bond acceptors (Lipinski definition) is 4. The van der Waals surface area contributed by atoms with Crippen molar-refractivity contribution < 1.29 is 19.1 Å². The van der Waals surface area contributed by atoms with Crippen molar-refractivity contribution in [3.63, 3.8) is 0 Å². The smallest absolute Gasteiger partial charge is 0.306 e. The van der Waals surface area contributed by atoms with Crippen molar-refractivity contribution in [3.8, 4) is 5.75 Å². The fourth-order valence-electron chi connectivity index (χ4n) is 3.19. The third-order valence-corrected chi connectivity index (χ3v) is 4.49. The molecule has 1 aliphatic rings. The molecule has 5 nitrogen and oxygen atoms in total.